The van der Waals surface area contributed by atoms with E-state index < -0.39 is 19.7 Å². The topological polar surface area (TPSA) is 36.9 Å². The molecule has 148 valence electrons. The maximum atomic E-state index is 6.49. The van der Waals surface area contributed by atoms with Gasteiger partial charge < -0.3 is 9.16 Å². The molecule has 1 heterocycles. The molecule has 5 heteroatoms. The highest BCUT2D eigenvalue weighted by atomic mass is 28.4. The Morgan fingerprint density at radius 1 is 1.00 bits per heavy atom. The molecule has 1 unspecified atom stereocenters. The predicted octanol–water partition coefficient (Wildman–Crippen LogP) is 5.88. The Bertz CT molecular complexity index is 621. The SMILES string of the molecule is COC1(c2cccc(O[Si](C)(C)C(C)(C)C)c2)OOC1(C(C)C)C(C)C. The van der Waals surface area contributed by atoms with Gasteiger partial charge in [-0.05, 0) is 42.1 Å². The van der Waals surface area contributed by atoms with Gasteiger partial charge in [0.15, 0.2) is 5.60 Å². The Labute approximate surface area is 160 Å². The lowest BCUT2D eigenvalue weighted by atomic mass is 9.70. The zero-order chi connectivity index (χ0) is 20.0. The van der Waals surface area contributed by atoms with E-state index in [0.29, 0.717) is 0 Å². The molecule has 0 saturated carbocycles. The number of rotatable bonds is 6. The molecule has 1 aromatic carbocycles. The maximum Gasteiger partial charge on any atom is 0.260 e. The van der Waals surface area contributed by atoms with E-state index in [9.17, 15) is 0 Å². The molecular formula is C21H36O4Si. The summed E-state index contributed by atoms with van der Waals surface area (Å²) in [6.45, 7) is 19.8. The molecule has 0 aliphatic carbocycles. The first-order valence-corrected chi connectivity index (χ1v) is 12.5. The minimum Gasteiger partial charge on any atom is -0.543 e. The van der Waals surface area contributed by atoms with Crippen molar-refractivity contribution in [3.8, 4) is 5.75 Å². The zero-order valence-corrected chi connectivity index (χ0v) is 19.1. The second-order valence-corrected chi connectivity index (χ2v) is 14.2. The second-order valence-electron chi connectivity index (χ2n) is 9.48. The lowest BCUT2D eigenvalue weighted by Crippen LogP contribution is -2.70. The third-order valence-corrected chi connectivity index (χ3v) is 10.6. The Morgan fingerprint density at radius 2 is 1.58 bits per heavy atom. The molecule has 0 amide bonds. The first-order valence-electron chi connectivity index (χ1n) is 9.55. The molecule has 1 fully saturated rings. The Morgan fingerprint density at radius 3 is 1.96 bits per heavy atom. The fourth-order valence-electron chi connectivity index (χ4n) is 3.63. The van der Waals surface area contributed by atoms with Crippen LogP contribution in [0.1, 0.15) is 54.0 Å². The minimum atomic E-state index is -1.92. The summed E-state index contributed by atoms with van der Waals surface area (Å²) in [6, 6.07) is 8.10. The number of hydrogen-bond donors (Lipinski definition) is 0. The van der Waals surface area contributed by atoms with Crippen LogP contribution in [0.15, 0.2) is 24.3 Å². The fraction of sp³-hybridized carbons (Fsp3) is 0.714. The first-order chi connectivity index (χ1) is 11.8. The first kappa shape index (κ1) is 21.4. The van der Waals surface area contributed by atoms with Gasteiger partial charge in [-0.3, -0.25) is 0 Å². The van der Waals surface area contributed by atoms with Gasteiger partial charge in [0.05, 0.1) is 0 Å². The summed E-state index contributed by atoms with van der Waals surface area (Å²) in [5.74, 6) is 0.382. The van der Waals surface area contributed by atoms with Crippen LogP contribution in [0, 0.1) is 11.8 Å². The lowest BCUT2D eigenvalue weighted by molar-refractivity contribution is -0.634. The molecule has 0 radical (unpaired) electrons. The van der Waals surface area contributed by atoms with E-state index in [-0.39, 0.29) is 16.9 Å². The summed E-state index contributed by atoms with van der Waals surface area (Å²) in [5, 5.41) is 0.137. The van der Waals surface area contributed by atoms with Gasteiger partial charge in [0, 0.05) is 12.7 Å². The maximum absolute atomic E-state index is 6.49. The van der Waals surface area contributed by atoms with E-state index in [4.69, 9.17) is 18.9 Å². The molecule has 0 spiro atoms. The number of hydrogen-bond acceptors (Lipinski definition) is 4. The third-order valence-electron chi connectivity index (χ3n) is 6.21. The zero-order valence-electron chi connectivity index (χ0n) is 18.1. The van der Waals surface area contributed by atoms with Crippen molar-refractivity contribution in [2.75, 3.05) is 7.11 Å². The minimum absolute atomic E-state index is 0.137. The molecule has 0 N–H and O–H groups in total. The highest BCUT2D eigenvalue weighted by Crippen LogP contribution is 2.57. The molecule has 0 aromatic heterocycles. The van der Waals surface area contributed by atoms with Crippen LogP contribution in [0.4, 0.5) is 0 Å². The van der Waals surface area contributed by atoms with Gasteiger partial charge in [-0.1, -0.05) is 60.6 Å². The van der Waals surface area contributed by atoms with Crippen LogP contribution < -0.4 is 4.43 Å². The standard InChI is InChI=1S/C21H36O4Si/c1-15(2)20(16(3)4)21(22-8,25-24-20)17-12-11-13-18(14-17)23-26(9,10)19(5,6)7/h11-16H,1-10H3. The fourth-order valence-corrected chi connectivity index (χ4v) is 4.65. The molecule has 1 aromatic rings. The smallest absolute Gasteiger partial charge is 0.260 e. The summed E-state index contributed by atoms with van der Waals surface area (Å²) >= 11 is 0. The van der Waals surface area contributed by atoms with Crippen molar-refractivity contribution in [2.24, 2.45) is 11.8 Å². The van der Waals surface area contributed by atoms with Crippen LogP contribution >= 0.6 is 0 Å². The van der Waals surface area contributed by atoms with Crippen molar-refractivity contribution in [3.05, 3.63) is 29.8 Å². The van der Waals surface area contributed by atoms with Crippen LogP contribution in [0.25, 0.3) is 0 Å². The van der Waals surface area contributed by atoms with Gasteiger partial charge in [0.25, 0.3) is 5.79 Å². The average molecular weight is 381 g/mol. The van der Waals surface area contributed by atoms with Crippen molar-refractivity contribution < 1.29 is 18.9 Å². The largest absolute Gasteiger partial charge is 0.543 e. The summed E-state index contributed by atoms with van der Waals surface area (Å²) in [5.41, 5.74) is 0.391. The molecule has 4 nitrogen and oxygen atoms in total. The van der Waals surface area contributed by atoms with E-state index >= 15 is 0 Å². The van der Waals surface area contributed by atoms with Gasteiger partial charge >= 0.3 is 0 Å². The van der Waals surface area contributed by atoms with Crippen molar-refractivity contribution in [3.63, 3.8) is 0 Å². The Balaban J connectivity index is 2.46. The van der Waals surface area contributed by atoms with Gasteiger partial charge in [-0.2, -0.15) is 4.89 Å². The molecule has 1 aliphatic rings. The summed E-state index contributed by atoms with van der Waals surface area (Å²) in [6.07, 6.45) is 0. The Kier molecular flexibility index (Phi) is 5.71. The number of benzene rings is 1. The highest BCUT2D eigenvalue weighted by molar-refractivity contribution is 6.74. The van der Waals surface area contributed by atoms with Crippen molar-refractivity contribution >= 4 is 8.32 Å². The predicted molar refractivity (Wildman–Crippen MR) is 108 cm³/mol. The van der Waals surface area contributed by atoms with E-state index in [2.05, 4.69) is 61.6 Å². The summed E-state index contributed by atoms with van der Waals surface area (Å²) in [7, 11) is -0.238. The van der Waals surface area contributed by atoms with E-state index in [1.165, 1.54) is 0 Å². The molecule has 0 bridgehead atoms. The quantitative estimate of drug-likeness (QED) is 0.456. The lowest BCUT2D eigenvalue weighted by Gasteiger charge is -2.59. The Hall–Kier alpha value is -0.883. The van der Waals surface area contributed by atoms with Crippen LogP contribution in [0.3, 0.4) is 0 Å². The average Bonchev–Trinajstić information content (AvgIpc) is 2.45. The second kappa shape index (κ2) is 6.93. The normalized spacial score (nSPS) is 23.2. The van der Waals surface area contributed by atoms with Gasteiger partial charge in [-0.25, -0.2) is 4.89 Å². The molecular weight excluding hydrogens is 344 g/mol. The summed E-state index contributed by atoms with van der Waals surface area (Å²) < 4.78 is 12.5. The van der Waals surface area contributed by atoms with E-state index in [1.807, 2.05) is 24.3 Å². The van der Waals surface area contributed by atoms with Gasteiger partial charge in [-0.15, -0.1) is 0 Å². The van der Waals surface area contributed by atoms with Crippen LogP contribution in [-0.4, -0.2) is 21.0 Å². The van der Waals surface area contributed by atoms with Crippen LogP contribution in [0.5, 0.6) is 5.75 Å². The van der Waals surface area contributed by atoms with Crippen LogP contribution in [0.2, 0.25) is 18.1 Å². The van der Waals surface area contributed by atoms with E-state index in [0.717, 1.165) is 11.3 Å². The van der Waals surface area contributed by atoms with Crippen molar-refractivity contribution in [2.45, 2.75) is 78.0 Å². The summed E-state index contributed by atoms with van der Waals surface area (Å²) in [4.78, 5) is 11.4. The number of methoxy groups -OCH3 is 1. The molecule has 26 heavy (non-hydrogen) atoms. The molecule has 1 atom stereocenters. The monoisotopic (exact) mass is 380 g/mol. The van der Waals surface area contributed by atoms with Crippen molar-refractivity contribution in [1.82, 2.24) is 0 Å². The van der Waals surface area contributed by atoms with Crippen LogP contribution in [-0.2, 0) is 20.3 Å². The molecule has 1 saturated heterocycles. The van der Waals surface area contributed by atoms with Crippen molar-refractivity contribution in [1.29, 1.82) is 0 Å². The molecule has 1 aliphatic heterocycles. The van der Waals surface area contributed by atoms with Gasteiger partial charge in [0.2, 0.25) is 8.32 Å². The number of ether oxygens (including phenoxy) is 1. The van der Waals surface area contributed by atoms with Gasteiger partial charge in [0.1, 0.15) is 5.75 Å². The third kappa shape index (κ3) is 3.13. The van der Waals surface area contributed by atoms with E-state index in [1.54, 1.807) is 7.11 Å². The highest BCUT2D eigenvalue weighted by Gasteiger charge is 2.69. The molecule has 2 rings (SSSR count).